The van der Waals surface area contributed by atoms with E-state index in [0.29, 0.717) is 16.1 Å². The number of ether oxygens (including phenoxy) is 1. The Morgan fingerprint density at radius 2 is 1.68 bits per heavy atom. The molecule has 2 rings (SSSR count). The van der Waals surface area contributed by atoms with Crippen molar-refractivity contribution in [2.45, 2.75) is 11.8 Å². The second-order valence-electron chi connectivity index (χ2n) is 5.21. The predicted molar refractivity (Wildman–Crippen MR) is 94.1 cm³/mol. The summed E-state index contributed by atoms with van der Waals surface area (Å²) in [4.78, 5) is 35.5. The monoisotopic (exact) mass is 359 g/mol. The number of hydrogen-bond donors (Lipinski definition) is 1. The highest BCUT2D eigenvalue weighted by atomic mass is 32.2. The van der Waals surface area contributed by atoms with Gasteiger partial charge >= 0.3 is 5.97 Å². The van der Waals surface area contributed by atoms with Crippen LogP contribution in [0.5, 0.6) is 0 Å². The first-order valence-corrected chi connectivity index (χ1v) is 8.94. The van der Waals surface area contributed by atoms with Crippen molar-refractivity contribution < 1.29 is 23.3 Å². The molecule has 0 aliphatic heterocycles. The van der Waals surface area contributed by atoms with Crippen LogP contribution in [0.25, 0.3) is 0 Å². The molecule has 0 saturated carbocycles. The summed E-state index contributed by atoms with van der Waals surface area (Å²) in [6.07, 6.45) is 1.46. The van der Waals surface area contributed by atoms with E-state index in [-0.39, 0.29) is 11.3 Å². The average Bonchev–Trinajstić information content (AvgIpc) is 2.60. The van der Waals surface area contributed by atoms with Crippen LogP contribution in [0.2, 0.25) is 0 Å². The Morgan fingerprint density at radius 1 is 1.04 bits per heavy atom. The number of hydrogen-bond acceptors (Lipinski definition) is 5. The van der Waals surface area contributed by atoms with Crippen LogP contribution in [-0.2, 0) is 20.3 Å². The Balaban J connectivity index is 1.95. The van der Waals surface area contributed by atoms with Gasteiger partial charge in [0.2, 0.25) is 0 Å². The first-order chi connectivity index (χ1) is 11.9. The fourth-order valence-corrected chi connectivity index (χ4v) is 2.81. The molecule has 130 valence electrons. The van der Waals surface area contributed by atoms with Gasteiger partial charge in [-0.25, -0.2) is 4.79 Å². The van der Waals surface area contributed by atoms with Crippen LogP contribution in [0, 0.1) is 0 Å². The number of carbonyl (C=O) groups is 3. The van der Waals surface area contributed by atoms with Crippen molar-refractivity contribution in [1.29, 1.82) is 0 Å². The lowest BCUT2D eigenvalue weighted by Gasteiger charge is -2.09. The van der Waals surface area contributed by atoms with E-state index < -0.39 is 29.3 Å². The molecule has 0 aliphatic rings. The van der Waals surface area contributed by atoms with Gasteiger partial charge in [0.1, 0.15) is 0 Å². The second-order valence-corrected chi connectivity index (χ2v) is 6.56. The average molecular weight is 359 g/mol. The molecule has 0 heterocycles. The van der Waals surface area contributed by atoms with Gasteiger partial charge in [-0.15, -0.1) is 0 Å². The number of ketones is 1. The minimum atomic E-state index is -1.34. The van der Waals surface area contributed by atoms with Gasteiger partial charge in [0.25, 0.3) is 5.91 Å². The summed E-state index contributed by atoms with van der Waals surface area (Å²) < 4.78 is 16.6. The number of rotatable bonds is 6. The highest BCUT2D eigenvalue weighted by Crippen LogP contribution is 2.14. The van der Waals surface area contributed by atoms with Gasteiger partial charge in [0.15, 0.2) is 12.4 Å². The summed E-state index contributed by atoms with van der Waals surface area (Å²) in [7, 11) is -1.34. The Labute approximate surface area is 147 Å². The molecule has 0 unspecified atom stereocenters. The van der Waals surface area contributed by atoms with Crippen molar-refractivity contribution in [3.05, 3.63) is 59.7 Å². The third-order valence-corrected chi connectivity index (χ3v) is 4.30. The third-order valence-electron chi connectivity index (χ3n) is 3.33. The summed E-state index contributed by atoms with van der Waals surface area (Å²) in [6, 6.07) is 12.7. The topological polar surface area (TPSA) is 89.5 Å². The standard InChI is InChI=1S/C18H17NO5S/c1-12(20)13-7-9-14(10-8-13)19-17(21)11-24-18(22)15-5-3-4-6-16(15)25(2)23/h3-10H,11H2,1-2H3,(H,19,21)/t25-/m1/s1. The van der Waals surface area contributed by atoms with Crippen molar-refractivity contribution in [1.82, 2.24) is 0 Å². The minimum absolute atomic E-state index is 0.0706. The molecule has 0 spiro atoms. The Morgan fingerprint density at radius 3 is 2.28 bits per heavy atom. The van der Waals surface area contributed by atoms with Crippen LogP contribution >= 0.6 is 0 Å². The van der Waals surface area contributed by atoms with E-state index in [9.17, 15) is 18.6 Å². The fraction of sp³-hybridized carbons (Fsp3) is 0.167. The van der Waals surface area contributed by atoms with E-state index in [1.165, 1.54) is 19.2 Å². The summed E-state index contributed by atoms with van der Waals surface area (Å²) in [5, 5.41) is 2.56. The SMILES string of the molecule is CC(=O)c1ccc(NC(=O)COC(=O)c2ccccc2[S@@](C)=O)cc1. The molecule has 7 heteroatoms. The first kappa shape index (κ1) is 18.5. The molecule has 0 aromatic heterocycles. The molecule has 6 nitrogen and oxygen atoms in total. The van der Waals surface area contributed by atoms with Gasteiger partial charge in [-0.05, 0) is 43.3 Å². The van der Waals surface area contributed by atoms with Crippen molar-refractivity contribution in [3.8, 4) is 0 Å². The molecule has 2 aromatic rings. The van der Waals surface area contributed by atoms with Crippen molar-refractivity contribution in [3.63, 3.8) is 0 Å². The van der Waals surface area contributed by atoms with E-state index in [4.69, 9.17) is 4.74 Å². The molecule has 25 heavy (non-hydrogen) atoms. The van der Waals surface area contributed by atoms with E-state index in [1.54, 1.807) is 42.5 Å². The Kier molecular flexibility index (Phi) is 6.19. The molecular formula is C18H17NO5S. The summed E-state index contributed by atoms with van der Waals surface area (Å²) >= 11 is 0. The first-order valence-electron chi connectivity index (χ1n) is 7.39. The molecule has 2 aromatic carbocycles. The van der Waals surface area contributed by atoms with Crippen LogP contribution < -0.4 is 5.32 Å². The molecule has 0 saturated heterocycles. The second kappa shape index (κ2) is 8.34. The van der Waals surface area contributed by atoms with E-state index in [0.717, 1.165) is 0 Å². The zero-order valence-electron chi connectivity index (χ0n) is 13.8. The normalized spacial score (nSPS) is 11.4. The maximum atomic E-state index is 12.1. The summed E-state index contributed by atoms with van der Waals surface area (Å²) in [6.45, 7) is 0.978. The quantitative estimate of drug-likeness (QED) is 0.632. The molecule has 1 amide bonds. The van der Waals surface area contributed by atoms with Gasteiger partial charge < -0.3 is 10.1 Å². The van der Waals surface area contributed by atoms with Gasteiger partial charge in [-0.1, -0.05) is 12.1 Å². The van der Waals surface area contributed by atoms with Crippen LogP contribution in [0.15, 0.2) is 53.4 Å². The van der Waals surface area contributed by atoms with Crippen LogP contribution in [0.1, 0.15) is 27.6 Å². The number of benzene rings is 2. The largest absolute Gasteiger partial charge is 0.452 e. The van der Waals surface area contributed by atoms with Crippen molar-refractivity contribution in [2.75, 3.05) is 18.2 Å². The number of esters is 1. The maximum absolute atomic E-state index is 12.1. The number of nitrogens with one attached hydrogen (secondary N) is 1. The predicted octanol–water partition coefficient (Wildman–Crippen LogP) is 2.42. The number of carbonyl (C=O) groups excluding carboxylic acids is 3. The molecule has 1 atom stereocenters. The smallest absolute Gasteiger partial charge is 0.339 e. The van der Waals surface area contributed by atoms with Gasteiger partial charge in [-0.3, -0.25) is 13.8 Å². The van der Waals surface area contributed by atoms with Gasteiger partial charge in [0.05, 0.1) is 21.3 Å². The van der Waals surface area contributed by atoms with Crippen LogP contribution in [0.4, 0.5) is 5.69 Å². The lowest BCUT2D eigenvalue weighted by atomic mass is 10.1. The summed E-state index contributed by atoms with van der Waals surface area (Å²) in [5.74, 6) is -1.30. The highest BCUT2D eigenvalue weighted by Gasteiger charge is 2.16. The third kappa shape index (κ3) is 5.09. The van der Waals surface area contributed by atoms with Gasteiger partial charge in [0, 0.05) is 17.5 Å². The molecule has 0 radical (unpaired) electrons. The van der Waals surface area contributed by atoms with E-state index >= 15 is 0 Å². The maximum Gasteiger partial charge on any atom is 0.339 e. The zero-order chi connectivity index (χ0) is 18.4. The van der Waals surface area contributed by atoms with E-state index in [2.05, 4.69) is 5.32 Å². The van der Waals surface area contributed by atoms with Crippen LogP contribution in [0.3, 0.4) is 0 Å². The number of anilines is 1. The van der Waals surface area contributed by atoms with Crippen molar-refractivity contribution in [2.24, 2.45) is 0 Å². The fourth-order valence-electron chi connectivity index (χ4n) is 2.08. The molecular weight excluding hydrogens is 342 g/mol. The highest BCUT2D eigenvalue weighted by molar-refractivity contribution is 7.84. The molecule has 0 bridgehead atoms. The van der Waals surface area contributed by atoms with Gasteiger partial charge in [-0.2, -0.15) is 0 Å². The zero-order valence-corrected chi connectivity index (χ0v) is 14.6. The molecule has 0 aliphatic carbocycles. The molecule has 1 N–H and O–H groups in total. The molecule has 0 fully saturated rings. The Bertz CT molecular complexity index is 830. The lowest BCUT2D eigenvalue weighted by Crippen LogP contribution is -2.21. The summed E-state index contributed by atoms with van der Waals surface area (Å²) in [5.41, 5.74) is 1.19. The lowest BCUT2D eigenvalue weighted by molar-refractivity contribution is -0.119. The minimum Gasteiger partial charge on any atom is -0.452 e. The van der Waals surface area contributed by atoms with E-state index in [1.807, 2.05) is 0 Å². The van der Waals surface area contributed by atoms with Crippen molar-refractivity contribution >= 4 is 34.1 Å². The van der Waals surface area contributed by atoms with Crippen LogP contribution in [-0.4, -0.2) is 34.7 Å². The number of amides is 1. The number of Topliss-reactive ketones (excluding diaryl/α,β-unsaturated/α-hetero) is 1. The Hall–Kier alpha value is -2.80.